The molecular weight excluding hydrogens is 316 g/mol. The van der Waals surface area contributed by atoms with E-state index in [1.165, 1.54) is 13.0 Å². The van der Waals surface area contributed by atoms with Crippen molar-refractivity contribution < 1.29 is 23.0 Å². The Kier molecular flexibility index (Phi) is 5.58. The van der Waals surface area contributed by atoms with Crippen molar-refractivity contribution in [3.63, 3.8) is 0 Å². The first kappa shape index (κ1) is 17.4. The number of hydrogen-bond acceptors (Lipinski definition) is 2. The molecule has 0 bridgehead atoms. The largest absolute Gasteiger partial charge is 0.492 e. The average Bonchev–Trinajstić information content (AvgIpc) is 2.34. The Bertz CT molecular complexity index is 477. The molecular formula is C13H15Cl2F3O2. The lowest BCUT2D eigenvalue weighted by Crippen LogP contribution is -2.42. The Morgan fingerprint density at radius 3 is 2.25 bits per heavy atom. The van der Waals surface area contributed by atoms with Crippen molar-refractivity contribution in [1.82, 2.24) is 0 Å². The molecule has 0 aromatic heterocycles. The Morgan fingerprint density at radius 1 is 1.20 bits per heavy atom. The van der Waals surface area contributed by atoms with Crippen molar-refractivity contribution in [3.8, 4) is 5.75 Å². The fourth-order valence-corrected chi connectivity index (χ4v) is 2.31. The topological polar surface area (TPSA) is 29.5 Å². The molecule has 1 rings (SSSR count). The lowest BCUT2D eigenvalue weighted by Gasteiger charge is -2.31. The second-order valence-corrected chi connectivity index (χ2v) is 5.17. The summed E-state index contributed by atoms with van der Waals surface area (Å²) in [5.41, 5.74) is -3.51. The van der Waals surface area contributed by atoms with Crippen LogP contribution in [0.25, 0.3) is 0 Å². The molecule has 7 heteroatoms. The van der Waals surface area contributed by atoms with E-state index in [0.717, 1.165) is 6.07 Å². The summed E-state index contributed by atoms with van der Waals surface area (Å²) >= 11 is 11.6. The molecule has 0 spiro atoms. The summed E-state index contributed by atoms with van der Waals surface area (Å²) in [5.74, 6) is -0.181. The van der Waals surface area contributed by atoms with Crippen LogP contribution in [0.3, 0.4) is 0 Å². The van der Waals surface area contributed by atoms with Crippen LogP contribution < -0.4 is 4.74 Å². The molecule has 0 saturated heterocycles. The molecule has 114 valence electrons. The number of aliphatic hydroxyl groups is 1. The predicted octanol–water partition coefficient (Wildman–Crippen LogP) is 4.94. The predicted molar refractivity (Wildman–Crippen MR) is 72.5 cm³/mol. The summed E-state index contributed by atoms with van der Waals surface area (Å²) in [6.45, 7) is 3.22. The molecule has 2 nitrogen and oxygen atoms in total. The van der Waals surface area contributed by atoms with E-state index in [1.807, 2.05) is 0 Å². The lowest BCUT2D eigenvalue weighted by atomic mass is 9.89. The maximum absolute atomic E-state index is 13.2. The highest BCUT2D eigenvalue weighted by molar-refractivity contribution is 6.35. The highest BCUT2D eigenvalue weighted by atomic mass is 35.5. The molecule has 0 saturated carbocycles. The van der Waals surface area contributed by atoms with Crippen LogP contribution in [0.15, 0.2) is 12.1 Å². The van der Waals surface area contributed by atoms with Gasteiger partial charge in [0.25, 0.3) is 0 Å². The van der Waals surface area contributed by atoms with Gasteiger partial charge in [-0.25, -0.2) is 0 Å². The standard InChI is InChI=1S/C13H15Cl2F3O2/c1-3-5-20-11-9(6-8(14)7-10(11)15)12(19,4-2)13(16,17)18/h6-7,19H,3-5H2,1-2H3. The Morgan fingerprint density at radius 2 is 1.80 bits per heavy atom. The SMILES string of the molecule is CCCOc1c(Cl)cc(Cl)cc1C(O)(CC)C(F)(F)F. The highest BCUT2D eigenvalue weighted by Gasteiger charge is 2.55. The summed E-state index contributed by atoms with van der Waals surface area (Å²) < 4.78 is 44.8. The Hall–Kier alpha value is -0.650. The first-order chi connectivity index (χ1) is 9.17. The minimum atomic E-state index is -4.86. The number of alkyl halides is 3. The maximum Gasteiger partial charge on any atom is 0.421 e. The zero-order valence-corrected chi connectivity index (χ0v) is 12.5. The van der Waals surface area contributed by atoms with E-state index in [1.54, 1.807) is 6.92 Å². The minimum absolute atomic E-state index is 0.00461. The molecule has 0 aliphatic carbocycles. The third-order valence-corrected chi connectivity index (χ3v) is 3.38. The van der Waals surface area contributed by atoms with Gasteiger partial charge in [-0.3, -0.25) is 0 Å². The maximum atomic E-state index is 13.2. The van der Waals surface area contributed by atoms with Crippen LogP contribution in [0.4, 0.5) is 13.2 Å². The molecule has 1 aromatic carbocycles. The van der Waals surface area contributed by atoms with Gasteiger partial charge in [0, 0.05) is 10.6 Å². The van der Waals surface area contributed by atoms with Crippen molar-refractivity contribution in [2.45, 2.75) is 38.5 Å². The molecule has 1 N–H and O–H groups in total. The lowest BCUT2D eigenvalue weighted by molar-refractivity contribution is -0.268. The summed E-state index contributed by atoms with van der Waals surface area (Å²) in [6, 6.07) is 2.32. The van der Waals surface area contributed by atoms with Gasteiger partial charge in [0.1, 0.15) is 5.75 Å². The first-order valence-corrected chi connectivity index (χ1v) is 6.84. The van der Waals surface area contributed by atoms with E-state index < -0.39 is 23.8 Å². The zero-order chi connectivity index (χ0) is 15.6. The van der Waals surface area contributed by atoms with Gasteiger partial charge in [0.2, 0.25) is 0 Å². The van der Waals surface area contributed by atoms with E-state index in [4.69, 9.17) is 27.9 Å². The molecule has 0 aliphatic rings. The van der Waals surface area contributed by atoms with Gasteiger partial charge in [-0.2, -0.15) is 13.2 Å². The van der Waals surface area contributed by atoms with Gasteiger partial charge < -0.3 is 9.84 Å². The monoisotopic (exact) mass is 330 g/mol. The van der Waals surface area contributed by atoms with Crippen molar-refractivity contribution in [1.29, 1.82) is 0 Å². The van der Waals surface area contributed by atoms with Crippen LogP contribution in [0.1, 0.15) is 32.3 Å². The minimum Gasteiger partial charge on any atom is -0.492 e. The molecule has 0 amide bonds. The number of hydrogen-bond donors (Lipinski definition) is 1. The summed E-state index contributed by atoms with van der Waals surface area (Å²) in [6.07, 6.45) is -4.84. The average molecular weight is 331 g/mol. The summed E-state index contributed by atoms with van der Waals surface area (Å²) in [4.78, 5) is 0. The van der Waals surface area contributed by atoms with Gasteiger partial charge in [-0.1, -0.05) is 37.0 Å². The van der Waals surface area contributed by atoms with E-state index in [-0.39, 0.29) is 22.4 Å². The number of ether oxygens (including phenoxy) is 1. The van der Waals surface area contributed by atoms with Crippen LogP contribution in [0.5, 0.6) is 5.75 Å². The Labute approximate surface area is 125 Å². The summed E-state index contributed by atoms with van der Waals surface area (Å²) in [5, 5.41) is 9.98. The molecule has 0 aliphatic heterocycles. The van der Waals surface area contributed by atoms with E-state index in [0.29, 0.717) is 6.42 Å². The van der Waals surface area contributed by atoms with E-state index in [2.05, 4.69) is 0 Å². The smallest absolute Gasteiger partial charge is 0.421 e. The van der Waals surface area contributed by atoms with Crippen LogP contribution in [-0.4, -0.2) is 17.9 Å². The fourth-order valence-electron chi connectivity index (χ4n) is 1.76. The third-order valence-electron chi connectivity index (χ3n) is 2.89. The van der Waals surface area contributed by atoms with Gasteiger partial charge >= 0.3 is 6.18 Å². The quantitative estimate of drug-likeness (QED) is 0.828. The molecule has 1 unspecified atom stereocenters. The molecule has 0 heterocycles. The van der Waals surface area contributed by atoms with Crippen molar-refractivity contribution in [2.24, 2.45) is 0 Å². The molecule has 1 aromatic rings. The molecule has 20 heavy (non-hydrogen) atoms. The fraction of sp³-hybridized carbons (Fsp3) is 0.538. The van der Waals surface area contributed by atoms with Crippen LogP contribution in [0.2, 0.25) is 10.0 Å². The van der Waals surface area contributed by atoms with Crippen LogP contribution >= 0.6 is 23.2 Å². The molecule has 0 fully saturated rings. The van der Waals surface area contributed by atoms with Crippen LogP contribution in [0, 0.1) is 0 Å². The van der Waals surface area contributed by atoms with E-state index >= 15 is 0 Å². The number of rotatable bonds is 5. The van der Waals surface area contributed by atoms with Gasteiger partial charge in [0.15, 0.2) is 5.60 Å². The third kappa shape index (κ3) is 3.32. The van der Waals surface area contributed by atoms with Crippen molar-refractivity contribution in [2.75, 3.05) is 6.61 Å². The molecule has 0 radical (unpaired) electrons. The Balaban J connectivity index is 3.48. The second-order valence-electron chi connectivity index (χ2n) is 4.32. The van der Waals surface area contributed by atoms with Crippen molar-refractivity contribution in [3.05, 3.63) is 27.7 Å². The first-order valence-electron chi connectivity index (χ1n) is 6.08. The zero-order valence-electron chi connectivity index (χ0n) is 11.0. The number of benzene rings is 1. The normalized spacial score (nSPS) is 15.0. The second kappa shape index (κ2) is 6.41. The highest BCUT2D eigenvalue weighted by Crippen LogP contribution is 2.47. The molecule has 1 atom stereocenters. The van der Waals surface area contributed by atoms with Gasteiger partial charge in [-0.15, -0.1) is 0 Å². The van der Waals surface area contributed by atoms with Gasteiger partial charge in [0.05, 0.1) is 11.6 Å². The van der Waals surface area contributed by atoms with Crippen LogP contribution in [-0.2, 0) is 5.60 Å². The van der Waals surface area contributed by atoms with Gasteiger partial charge in [-0.05, 0) is 25.0 Å². The summed E-state index contributed by atoms with van der Waals surface area (Å²) in [7, 11) is 0. The number of halogens is 5. The van der Waals surface area contributed by atoms with E-state index in [9.17, 15) is 18.3 Å². The van der Waals surface area contributed by atoms with Crippen molar-refractivity contribution >= 4 is 23.2 Å².